The fraction of sp³-hybridized carbons (Fsp3) is 0.400. The van der Waals surface area contributed by atoms with Crippen molar-refractivity contribution in [1.82, 2.24) is 0 Å². The normalized spacial score (nSPS) is 14.6. The van der Waals surface area contributed by atoms with Crippen LogP contribution in [0.4, 0.5) is 18.9 Å². The van der Waals surface area contributed by atoms with Gasteiger partial charge in [-0.1, -0.05) is 5.11 Å². The van der Waals surface area contributed by atoms with E-state index in [9.17, 15) is 23.4 Å². The van der Waals surface area contributed by atoms with Gasteiger partial charge in [-0.25, -0.2) is 0 Å². The van der Waals surface area contributed by atoms with Crippen LogP contribution in [0.15, 0.2) is 23.3 Å². The third kappa shape index (κ3) is 4.02. The maximum atomic E-state index is 12.5. The average molecular weight is 276 g/mol. The van der Waals surface area contributed by atoms with Gasteiger partial charge in [-0.2, -0.15) is 13.2 Å². The lowest BCUT2D eigenvalue weighted by molar-refractivity contribution is -0.137. The molecule has 0 heterocycles. The van der Waals surface area contributed by atoms with E-state index >= 15 is 0 Å². The van der Waals surface area contributed by atoms with E-state index in [-0.39, 0.29) is 11.3 Å². The minimum absolute atomic E-state index is 0.195. The van der Waals surface area contributed by atoms with E-state index in [2.05, 4.69) is 10.0 Å². The molecule has 1 aromatic rings. The molecule has 0 spiro atoms. The molecule has 0 aliphatic rings. The summed E-state index contributed by atoms with van der Waals surface area (Å²) in [5.41, 5.74) is 12.0. The van der Waals surface area contributed by atoms with Crippen molar-refractivity contribution in [3.63, 3.8) is 0 Å². The molecule has 2 atom stereocenters. The molecule has 1 aromatic carbocycles. The van der Waals surface area contributed by atoms with Crippen LogP contribution in [0.25, 0.3) is 10.4 Å². The highest BCUT2D eigenvalue weighted by Crippen LogP contribution is 2.33. The van der Waals surface area contributed by atoms with Gasteiger partial charge in [-0.15, -0.1) is 0 Å². The summed E-state index contributed by atoms with van der Waals surface area (Å²) >= 11 is 0. The molecule has 19 heavy (non-hydrogen) atoms. The number of aliphatic hydroxyl groups is 2. The highest BCUT2D eigenvalue weighted by molar-refractivity contribution is 5.46. The van der Waals surface area contributed by atoms with E-state index in [0.29, 0.717) is 6.07 Å². The van der Waals surface area contributed by atoms with Gasteiger partial charge in [0.2, 0.25) is 0 Å². The number of hydrogen-bond acceptors (Lipinski definition) is 4. The van der Waals surface area contributed by atoms with Gasteiger partial charge in [0.05, 0.1) is 18.2 Å². The molecule has 0 bridgehead atoms. The van der Waals surface area contributed by atoms with Crippen molar-refractivity contribution in [1.29, 1.82) is 0 Å². The zero-order valence-corrected chi connectivity index (χ0v) is 9.54. The minimum Gasteiger partial charge on any atom is -0.399 e. The van der Waals surface area contributed by atoms with Crippen molar-refractivity contribution < 1.29 is 23.4 Å². The molecule has 6 nitrogen and oxygen atoms in total. The zero-order valence-electron chi connectivity index (χ0n) is 9.54. The summed E-state index contributed by atoms with van der Waals surface area (Å²) in [5, 5.41) is 22.2. The van der Waals surface area contributed by atoms with Crippen molar-refractivity contribution in [3.05, 3.63) is 39.8 Å². The smallest absolute Gasteiger partial charge is 0.399 e. The fourth-order valence-corrected chi connectivity index (χ4v) is 1.45. The third-order valence-corrected chi connectivity index (χ3v) is 2.34. The van der Waals surface area contributed by atoms with E-state index < -0.39 is 30.5 Å². The third-order valence-electron chi connectivity index (χ3n) is 2.34. The van der Waals surface area contributed by atoms with Gasteiger partial charge in [0.25, 0.3) is 0 Å². The van der Waals surface area contributed by atoms with Gasteiger partial charge in [0, 0.05) is 10.6 Å². The monoisotopic (exact) mass is 276 g/mol. The summed E-state index contributed by atoms with van der Waals surface area (Å²) < 4.78 is 37.6. The summed E-state index contributed by atoms with van der Waals surface area (Å²) in [6.45, 7) is -0.464. The summed E-state index contributed by atoms with van der Waals surface area (Å²) in [7, 11) is 0. The Kier molecular flexibility index (Phi) is 4.60. The summed E-state index contributed by atoms with van der Waals surface area (Å²) in [6, 6.07) is 2.51. The van der Waals surface area contributed by atoms with Gasteiger partial charge >= 0.3 is 6.18 Å². The molecule has 9 heteroatoms. The number of nitrogens with zero attached hydrogens (tertiary/aromatic N) is 3. The van der Waals surface area contributed by atoms with E-state index in [1.54, 1.807) is 0 Å². The molecule has 0 aliphatic carbocycles. The second-order valence-corrected chi connectivity index (χ2v) is 3.81. The largest absolute Gasteiger partial charge is 0.416 e. The summed E-state index contributed by atoms with van der Waals surface area (Å²) in [5.74, 6) is 0. The van der Waals surface area contributed by atoms with Crippen LogP contribution >= 0.6 is 0 Å². The molecule has 0 radical (unpaired) electrons. The van der Waals surface area contributed by atoms with E-state index in [0.717, 1.165) is 12.1 Å². The molecular formula is C10H11F3N4O2. The fourth-order valence-electron chi connectivity index (χ4n) is 1.45. The topological polar surface area (TPSA) is 115 Å². The number of alkyl halides is 3. The molecular weight excluding hydrogens is 265 g/mol. The minimum atomic E-state index is -4.61. The van der Waals surface area contributed by atoms with Gasteiger partial charge in [0.15, 0.2) is 0 Å². The highest BCUT2D eigenvalue weighted by atomic mass is 19.4. The number of aliphatic hydroxyl groups excluding tert-OH is 2. The van der Waals surface area contributed by atoms with Gasteiger partial charge in [0.1, 0.15) is 6.10 Å². The SMILES string of the molecule is [N-]=[N+]=NCC(O)C(O)c1cc(N)cc(C(F)(F)F)c1. The van der Waals surface area contributed by atoms with Crippen molar-refractivity contribution in [2.75, 3.05) is 12.3 Å². The number of azide groups is 1. The Bertz CT molecular complexity index is 500. The first-order chi connectivity index (χ1) is 8.75. The van der Waals surface area contributed by atoms with E-state index in [4.69, 9.17) is 11.3 Å². The van der Waals surface area contributed by atoms with Crippen LogP contribution in [-0.4, -0.2) is 22.9 Å². The Labute approximate surface area is 105 Å². The Hall–Kier alpha value is -1.96. The van der Waals surface area contributed by atoms with Crippen LogP contribution in [0.3, 0.4) is 0 Å². The van der Waals surface area contributed by atoms with Crippen LogP contribution in [-0.2, 0) is 6.18 Å². The van der Waals surface area contributed by atoms with Crippen molar-refractivity contribution in [2.45, 2.75) is 18.4 Å². The molecule has 0 aliphatic heterocycles. The van der Waals surface area contributed by atoms with E-state index in [1.165, 1.54) is 0 Å². The lowest BCUT2D eigenvalue weighted by Gasteiger charge is -2.18. The Balaban J connectivity index is 3.06. The average Bonchev–Trinajstić information content (AvgIpc) is 2.33. The number of benzene rings is 1. The van der Waals surface area contributed by atoms with Gasteiger partial charge < -0.3 is 15.9 Å². The second-order valence-electron chi connectivity index (χ2n) is 3.81. The predicted molar refractivity (Wildman–Crippen MR) is 60.8 cm³/mol. The predicted octanol–water partition coefficient (Wildman–Crippen LogP) is 1.99. The van der Waals surface area contributed by atoms with Crippen LogP contribution in [0.2, 0.25) is 0 Å². The molecule has 0 saturated heterocycles. The molecule has 0 saturated carbocycles. The lowest BCUT2D eigenvalue weighted by atomic mass is 10.0. The quantitative estimate of drug-likeness (QED) is 0.338. The van der Waals surface area contributed by atoms with Crippen molar-refractivity contribution in [3.8, 4) is 0 Å². The Morgan fingerprint density at radius 3 is 2.47 bits per heavy atom. The Morgan fingerprint density at radius 1 is 1.32 bits per heavy atom. The number of rotatable bonds is 4. The molecule has 4 N–H and O–H groups in total. The van der Waals surface area contributed by atoms with Gasteiger partial charge in [-0.3, -0.25) is 0 Å². The first kappa shape index (κ1) is 15.1. The molecule has 0 amide bonds. The maximum Gasteiger partial charge on any atom is 0.416 e. The molecule has 104 valence electrons. The van der Waals surface area contributed by atoms with Crippen LogP contribution in [0.5, 0.6) is 0 Å². The van der Waals surface area contributed by atoms with Gasteiger partial charge in [-0.05, 0) is 29.3 Å². The molecule has 1 rings (SSSR count). The number of hydrogen-bond donors (Lipinski definition) is 3. The standard InChI is InChI=1S/C10H11F3N4O2/c11-10(12,13)6-1-5(2-7(14)3-6)9(19)8(18)4-16-17-15/h1-3,8-9,18-19H,4,14H2. The first-order valence-electron chi connectivity index (χ1n) is 5.10. The van der Waals surface area contributed by atoms with Crippen LogP contribution < -0.4 is 5.73 Å². The number of halogens is 3. The summed E-state index contributed by atoms with van der Waals surface area (Å²) in [4.78, 5) is 2.38. The molecule has 2 unspecified atom stereocenters. The van der Waals surface area contributed by atoms with Crippen LogP contribution in [0.1, 0.15) is 17.2 Å². The maximum absolute atomic E-state index is 12.5. The van der Waals surface area contributed by atoms with Crippen molar-refractivity contribution >= 4 is 5.69 Å². The number of nitrogen functional groups attached to an aromatic ring is 1. The highest BCUT2D eigenvalue weighted by Gasteiger charge is 2.32. The molecule has 0 aromatic heterocycles. The number of nitrogens with two attached hydrogens (primary N) is 1. The Morgan fingerprint density at radius 2 is 1.95 bits per heavy atom. The van der Waals surface area contributed by atoms with Crippen molar-refractivity contribution in [2.24, 2.45) is 5.11 Å². The summed E-state index contributed by atoms with van der Waals surface area (Å²) in [6.07, 6.45) is -7.76. The second kappa shape index (κ2) is 5.79. The van der Waals surface area contributed by atoms with E-state index in [1.807, 2.05) is 0 Å². The first-order valence-corrected chi connectivity index (χ1v) is 5.10. The van der Waals surface area contributed by atoms with Crippen LogP contribution in [0, 0.1) is 0 Å². The molecule has 0 fully saturated rings. The number of anilines is 1. The lowest BCUT2D eigenvalue weighted by Crippen LogP contribution is -2.22. The zero-order chi connectivity index (χ0) is 14.6.